The van der Waals surface area contributed by atoms with Gasteiger partial charge in [-0.25, -0.2) is 0 Å². The second-order valence-electron chi connectivity index (χ2n) is 5.26. The van der Waals surface area contributed by atoms with Crippen LogP contribution < -0.4 is 4.74 Å². The Kier molecular flexibility index (Phi) is 5.67. The Morgan fingerprint density at radius 3 is 2.75 bits per heavy atom. The first-order valence-electron chi connectivity index (χ1n) is 7.13. The maximum atomic E-state index is 9.15. The van der Waals surface area contributed by atoms with Crippen LogP contribution in [0.3, 0.4) is 0 Å². The molecule has 1 aromatic carbocycles. The Labute approximate surface area is 129 Å². The summed E-state index contributed by atoms with van der Waals surface area (Å²) >= 11 is 3.61. The highest BCUT2D eigenvalue weighted by molar-refractivity contribution is 9.09. The lowest BCUT2D eigenvalue weighted by molar-refractivity contribution is 0.405. The van der Waals surface area contributed by atoms with Crippen molar-refractivity contribution in [1.82, 2.24) is 0 Å². The van der Waals surface area contributed by atoms with E-state index in [4.69, 9.17) is 10.00 Å². The van der Waals surface area contributed by atoms with E-state index in [2.05, 4.69) is 28.1 Å². The molecule has 1 saturated carbocycles. The molecular formula is C17H20BrNO. The maximum Gasteiger partial charge on any atom is 0.136 e. The molecular weight excluding hydrogens is 314 g/mol. The quantitative estimate of drug-likeness (QED) is 0.732. The molecule has 0 atom stereocenters. The Hall–Kier alpha value is -1.27. The van der Waals surface area contributed by atoms with Gasteiger partial charge in [0, 0.05) is 5.33 Å². The van der Waals surface area contributed by atoms with E-state index in [1.165, 1.54) is 37.7 Å². The van der Waals surface area contributed by atoms with Gasteiger partial charge in [-0.1, -0.05) is 52.9 Å². The van der Waals surface area contributed by atoms with Gasteiger partial charge in [-0.15, -0.1) is 0 Å². The number of nitriles is 1. The van der Waals surface area contributed by atoms with Crippen molar-refractivity contribution in [3.63, 3.8) is 0 Å². The molecule has 0 radical (unpaired) electrons. The van der Waals surface area contributed by atoms with E-state index >= 15 is 0 Å². The number of allylic oxidation sites excluding steroid dienone is 1. The van der Waals surface area contributed by atoms with Crippen LogP contribution in [-0.4, -0.2) is 12.4 Å². The molecule has 0 heterocycles. The van der Waals surface area contributed by atoms with Crippen LogP contribution in [0.2, 0.25) is 0 Å². The first-order valence-corrected chi connectivity index (χ1v) is 8.25. The first kappa shape index (κ1) is 15.1. The first-order chi connectivity index (χ1) is 9.78. The molecule has 106 valence electrons. The fourth-order valence-corrected chi connectivity index (χ4v) is 3.48. The van der Waals surface area contributed by atoms with E-state index in [0.29, 0.717) is 17.2 Å². The minimum Gasteiger partial charge on any atom is -0.495 e. The SMILES string of the molecule is COc1ccc(/C=C(/CBr)C2CCCCC2)cc1C#N. The van der Waals surface area contributed by atoms with Crippen molar-refractivity contribution in [3.8, 4) is 11.8 Å². The molecule has 1 aromatic rings. The van der Waals surface area contributed by atoms with Crippen LogP contribution in [0.4, 0.5) is 0 Å². The standard InChI is InChI=1S/C17H20BrNO/c1-20-17-8-7-13(10-16(17)12-19)9-15(11-18)14-5-3-2-4-6-14/h7-10,14H,2-6,11H2,1H3/b15-9-. The number of methoxy groups -OCH3 is 1. The number of benzene rings is 1. The molecule has 2 nitrogen and oxygen atoms in total. The molecule has 0 aromatic heterocycles. The number of rotatable bonds is 4. The second-order valence-corrected chi connectivity index (χ2v) is 5.82. The summed E-state index contributed by atoms with van der Waals surface area (Å²) in [6, 6.07) is 7.99. The number of halogens is 1. The summed E-state index contributed by atoms with van der Waals surface area (Å²) in [7, 11) is 1.59. The number of ether oxygens (including phenoxy) is 1. The van der Waals surface area contributed by atoms with Gasteiger partial charge in [0.15, 0.2) is 0 Å². The van der Waals surface area contributed by atoms with E-state index in [0.717, 1.165) is 10.9 Å². The molecule has 0 aliphatic heterocycles. The van der Waals surface area contributed by atoms with Crippen LogP contribution in [0.25, 0.3) is 6.08 Å². The van der Waals surface area contributed by atoms with Gasteiger partial charge in [0.25, 0.3) is 0 Å². The van der Waals surface area contributed by atoms with Gasteiger partial charge in [-0.3, -0.25) is 0 Å². The van der Waals surface area contributed by atoms with Crippen molar-refractivity contribution >= 4 is 22.0 Å². The van der Waals surface area contributed by atoms with E-state index in [9.17, 15) is 0 Å². The van der Waals surface area contributed by atoms with Crippen LogP contribution >= 0.6 is 15.9 Å². The van der Waals surface area contributed by atoms with Crippen LogP contribution in [0.5, 0.6) is 5.75 Å². The minimum absolute atomic E-state index is 0.596. The maximum absolute atomic E-state index is 9.15. The third-order valence-electron chi connectivity index (χ3n) is 3.98. The molecule has 0 spiro atoms. The van der Waals surface area contributed by atoms with Gasteiger partial charge in [-0.2, -0.15) is 5.26 Å². The van der Waals surface area contributed by atoms with Gasteiger partial charge in [0.1, 0.15) is 11.8 Å². The second kappa shape index (κ2) is 7.50. The molecule has 2 rings (SSSR count). The van der Waals surface area contributed by atoms with E-state index < -0.39 is 0 Å². The zero-order chi connectivity index (χ0) is 14.4. The fourth-order valence-electron chi connectivity index (χ4n) is 2.86. The molecule has 0 saturated heterocycles. The Balaban J connectivity index is 2.25. The van der Waals surface area contributed by atoms with Crippen molar-refractivity contribution in [2.24, 2.45) is 5.92 Å². The van der Waals surface area contributed by atoms with Gasteiger partial charge in [-0.05, 0) is 36.5 Å². The summed E-state index contributed by atoms with van der Waals surface area (Å²) in [4.78, 5) is 0. The molecule has 20 heavy (non-hydrogen) atoms. The molecule has 0 N–H and O–H groups in total. The molecule has 1 fully saturated rings. The van der Waals surface area contributed by atoms with E-state index in [1.807, 2.05) is 18.2 Å². The van der Waals surface area contributed by atoms with Crippen LogP contribution in [0, 0.1) is 17.2 Å². The number of hydrogen-bond donors (Lipinski definition) is 0. The van der Waals surface area contributed by atoms with Crippen molar-refractivity contribution in [2.45, 2.75) is 32.1 Å². The topological polar surface area (TPSA) is 33.0 Å². The Morgan fingerprint density at radius 2 is 2.15 bits per heavy atom. The normalized spacial score (nSPS) is 16.8. The zero-order valence-electron chi connectivity index (χ0n) is 11.9. The highest BCUT2D eigenvalue weighted by atomic mass is 79.9. The average molecular weight is 334 g/mol. The van der Waals surface area contributed by atoms with Gasteiger partial charge < -0.3 is 4.74 Å². The van der Waals surface area contributed by atoms with Gasteiger partial charge in [0.05, 0.1) is 12.7 Å². The van der Waals surface area contributed by atoms with Gasteiger partial charge in [0.2, 0.25) is 0 Å². The lowest BCUT2D eigenvalue weighted by Crippen LogP contribution is -2.10. The zero-order valence-corrected chi connectivity index (χ0v) is 13.4. The summed E-state index contributed by atoms with van der Waals surface area (Å²) in [5.41, 5.74) is 3.12. The highest BCUT2D eigenvalue weighted by Gasteiger charge is 2.17. The number of nitrogens with zero attached hydrogens (tertiary/aromatic N) is 1. The lowest BCUT2D eigenvalue weighted by atomic mass is 9.84. The van der Waals surface area contributed by atoms with Crippen molar-refractivity contribution in [2.75, 3.05) is 12.4 Å². The van der Waals surface area contributed by atoms with Crippen molar-refractivity contribution < 1.29 is 4.74 Å². The van der Waals surface area contributed by atoms with Gasteiger partial charge >= 0.3 is 0 Å². The lowest BCUT2D eigenvalue weighted by Gasteiger charge is -2.23. The molecule has 1 aliphatic rings. The summed E-state index contributed by atoms with van der Waals surface area (Å²) in [6.45, 7) is 0. The molecule has 0 bridgehead atoms. The number of hydrogen-bond acceptors (Lipinski definition) is 2. The highest BCUT2D eigenvalue weighted by Crippen LogP contribution is 2.32. The summed E-state index contributed by atoms with van der Waals surface area (Å²) in [6.07, 6.45) is 8.84. The largest absolute Gasteiger partial charge is 0.495 e. The van der Waals surface area contributed by atoms with Crippen LogP contribution in [-0.2, 0) is 0 Å². The molecule has 0 amide bonds. The fraction of sp³-hybridized carbons (Fsp3) is 0.471. The third kappa shape index (κ3) is 3.64. The predicted octanol–water partition coefficient (Wildman–Crippen LogP) is 4.93. The molecule has 1 aliphatic carbocycles. The number of alkyl halides is 1. The molecule has 0 unspecified atom stereocenters. The van der Waals surface area contributed by atoms with E-state index in [1.54, 1.807) is 7.11 Å². The van der Waals surface area contributed by atoms with Crippen molar-refractivity contribution in [3.05, 3.63) is 34.9 Å². The van der Waals surface area contributed by atoms with Crippen molar-refractivity contribution in [1.29, 1.82) is 5.26 Å². The Bertz CT molecular complexity index is 524. The smallest absolute Gasteiger partial charge is 0.136 e. The Morgan fingerprint density at radius 1 is 1.40 bits per heavy atom. The minimum atomic E-state index is 0.596. The summed E-state index contributed by atoms with van der Waals surface area (Å²) < 4.78 is 5.19. The third-order valence-corrected chi connectivity index (χ3v) is 4.63. The molecule has 3 heteroatoms. The summed E-state index contributed by atoms with van der Waals surface area (Å²) in [5.74, 6) is 1.33. The summed E-state index contributed by atoms with van der Waals surface area (Å²) in [5, 5.41) is 10.1. The van der Waals surface area contributed by atoms with E-state index in [-0.39, 0.29) is 0 Å². The predicted molar refractivity (Wildman–Crippen MR) is 86.1 cm³/mol. The van der Waals surface area contributed by atoms with Crippen LogP contribution in [0.1, 0.15) is 43.2 Å². The average Bonchev–Trinajstić information content (AvgIpc) is 2.53. The monoisotopic (exact) mass is 333 g/mol. The van der Waals surface area contributed by atoms with Crippen LogP contribution in [0.15, 0.2) is 23.8 Å².